The summed E-state index contributed by atoms with van der Waals surface area (Å²) in [6.07, 6.45) is 1.55. The van der Waals surface area contributed by atoms with E-state index in [9.17, 15) is 4.79 Å². The highest BCUT2D eigenvalue weighted by atomic mass is 16.5. The Labute approximate surface area is 135 Å². The number of nitrogens with one attached hydrogen (secondary N) is 2. The van der Waals surface area contributed by atoms with Crippen LogP contribution in [0.5, 0.6) is 5.88 Å². The van der Waals surface area contributed by atoms with Crippen molar-refractivity contribution in [1.82, 2.24) is 10.3 Å². The van der Waals surface area contributed by atoms with Crippen LogP contribution in [0, 0.1) is 0 Å². The topological polar surface area (TPSA) is 72.5 Å². The first kappa shape index (κ1) is 16.8. The molecular formula is C17H21N3O3. The lowest BCUT2D eigenvalue weighted by atomic mass is 10.1. The van der Waals surface area contributed by atoms with Crippen LogP contribution in [0.1, 0.15) is 18.5 Å². The van der Waals surface area contributed by atoms with Crippen molar-refractivity contribution in [3.63, 3.8) is 0 Å². The van der Waals surface area contributed by atoms with E-state index in [1.54, 1.807) is 25.4 Å². The van der Waals surface area contributed by atoms with Crippen molar-refractivity contribution in [2.24, 2.45) is 0 Å². The lowest BCUT2D eigenvalue weighted by molar-refractivity contribution is 0.144. The Morgan fingerprint density at radius 1 is 1.17 bits per heavy atom. The molecule has 1 aromatic heterocycles. The van der Waals surface area contributed by atoms with E-state index >= 15 is 0 Å². The smallest absolute Gasteiger partial charge is 0.319 e. The Morgan fingerprint density at radius 2 is 1.96 bits per heavy atom. The number of methoxy groups -OCH3 is 1. The standard InChI is InChI=1S/C17H21N3O3/c1-13(14-6-4-3-5-7-14)19-17(21)20-15-8-9-16(18-12-15)23-11-10-22-2/h3-9,12-13H,10-11H2,1-2H3,(H2,19,20,21). The van der Waals surface area contributed by atoms with Gasteiger partial charge in [-0.15, -0.1) is 0 Å². The summed E-state index contributed by atoms with van der Waals surface area (Å²) in [7, 11) is 1.61. The van der Waals surface area contributed by atoms with Crippen LogP contribution in [0.15, 0.2) is 48.7 Å². The summed E-state index contributed by atoms with van der Waals surface area (Å²) in [4.78, 5) is 16.1. The molecule has 0 saturated heterocycles. The molecule has 2 amide bonds. The molecule has 23 heavy (non-hydrogen) atoms. The van der Waals surface area contributed by atoms with Crippen molar-refractivity contribution in [3.05, 3.63) is 54.2 Å². The largest absolute Gasteiger partial charge is 0.475 e. The predicted octanol–water partition coefficient (Wildman–Crippen LogP) is 2.99. The third kappa shape index (κ3) is 5.60. The first-order chi connectivity index (χ1) is 11.2. The Morgan fingerprint density at radius 3 is 2.61 bits per heavy atom. The normalized spacial score (nSPS) is 11.6. The van der Waals surface area contributed by atoms with Crippen LogP contribution >= 0.6 is 0 Å². The zero-order valence-corrected chi connectivity index (χ0v) is 13.3. The molecule has 0 radical (unpaired) electrons. The number of carbonyl (C=O) groups is 1. The summed E-state index contributed by atoms with van der Waals surface area (Å²) in [5.41, 5.74) is 1.64. The summed E-state index contributed by atoms with van der Waals surface area (Å²) in [6.45, 7) is 2.87. The summed E-state index contributed by atoms with van der Waals surface area (Å²) in [5, 5.41) is 5.62. The number of anilines is 1. The zero-order valence-electron chi connectivity index (χ0n) is 13.3. The van der Waals surface area contributed by atoms with E-state index < -0.39 is 0 Å². The Balaban J connectivity index is 1.83. The van der Waals surface area contributed by atoms with Crippen molar-refractivity contribution in [2.45, 2.75) is 13.0 Å². The molecule has 2 rings (SSSR count). The van der Waals surface area contributed by atoms with Gasteiger partial charge < -0.3 is 20.1 Å². The van der Waals surface area contributed by atoms with Crippen molar-refractivity contribution in [2.75, 3.05) is 25.6 Å². The summed E-state index contributed by atoms with van der Waals surface area (Å²) >= 11 is 0. The summed E-state index contributed by atoms with van der Waals surface area (Å²) in [5.74, 6) is 0.491. The molecule has 0 aliphatic carbocycles. The number of pyridine rings is 1. The van der Waals surface area contributed by atoms with Gasteiger partial charge in [0.1, 0.15) is 6.61 Å². The molecule has 1 aromatic carbocycles. The fraction of sp³-hybridized carbons (Fsp3) is 0.294. The Bertz CT molecular complexity index is 602. The third-order valence-corrected chi connectivity index (χ3v) is 3.18. The van der Waals surface area contributed by atoms with Gasteiger partial charge in [-0.2, -0.15) is 0 Å². The minimum absolute atomic E-state index is 0.0826. The van der Waals surface area contributed by atoms with E-state index in [-0.39, 0.29) is 12.1 Å². The van der Waals surface area contributed by atoms with Crippen LogP contribution in [0.4, 0.5) is 10.5 Å². The van der Waals surface area contributed by atoms with Gasteiger partial charge in [-0.05, 0) is 18.6 Å². The van der Waals surface area contributed by atoms with Gasteiger partial charge in [-0.25, -0.2) is 9.78 Å². The minimum Gasteiger partial charge on any atom is -0.475 e. The van der Waals surface area contributed by atoms with Crippen LogP contribution in [0.2, 0.25) is 0 Å². The van der Waals surface area contributed by atoms with Crippen molar-refractivity contribution in [3.8, 4) is 5.88 Å². The van der Waals surface area contributed by atoms with E-state index in [0.717, 1.165) is 5.56 Å². The number of ether oxygens (including phenoxy) is 2. The van der Waals surface area contributed by atoms with Gasteiger partial charge in [0.2, 0.25) is 5.88 Å². The molecule has 0 fully saturated rings. The third-order valence-electron chi connectivity index (χ3n) is 3.18. The fourth-order valence-electron chi connectivity index (χ4n) is 1.96. The summed E-state index contributed by atoms with van der Waals surface area (Å²) in [6, 6.07) is 12.8. The number of aromatic nitrogens is 1. The molecule has 2 N–H and O–H groups in total. The summed E-state index contributed by atoms with van der Waals surface area (Å²) < 4.78 is 10.3. The molecule has 0 aliphatic rings. The number of hydrogen-bond donors (Lipinski definition) is 2. The maximum atomic E-state index is 12.0. The highest BCUT2D eigenvalue weighted by Gasteiger charge is 2.09. The zero-order chi connectivity index (χ0) is 16.5. The SMILES string of the molecule is COCCOc1ccc(NC(=O)NC(C)c2ccccc2)cn1. The Kier molecular flexibility index (Phi) is 6.38. The quantitative estimate of drug-likeness (QED) is 0.770. The molecule has 1 atom stereocenters. The number of amides is 2. The number of urea groups is 1. The van der Waals surface area contributed by atoms with Gasteiger partial charge >= 0.3 is 6.03 Å². The predicted molar refractivity (Wildman–Crippen MR) is 88.6 cm³/mol. The maximum Gasteiger partial charge on any atom is 0.319 e. The van der Waals surface area contributed by atoms with Crippen molar-refractivity contribution < 1.29 is 14.3 Å². The van der Waals surface area contributed by atoms with E-state index in [2.05, 4.69) is 15.6 Å². The van der Waals surface area contributed by atoms with Crippen LogP contribution in [-0.4, -0.2) is 31.3 Å². The van der Waals surface area contributed by atoms with Gasteiger partial charge in [0.05, 0.1) is 24.5 Å². The average molecular weight is 315 g/mol. The van der Waals surface area contributed by atoms with Gasteiger partial charge in [-0.3, -0.25) is 0 Å². The molecule has 0 aliphatic heterocycles. The lowest BCUT2D eigenvalue weighted by Crippen LogP contribution is -2.31. The van der Waals surface area contributed by atoms with Crippen LogP contribution in [0.25, 0.3) is 0 Å². The average Bonchev–Trinajstić information content (AvgIpc) is 2.57. The maximum absolute atomic E-state index is 12.0. The van der Waals surface area contributed by atoms with Gasteiger partial charge in [0.25, 0.3) is 0 Å². The van der Waals surface area contributed by atoms with Crippen molar-refractivity contribution >= 4 is 11.7 Å². The molecule has 1 heterocycles. The number of benzene rings is 1. The first-order valence-corrected chi connectivity index (χ1v) is 7.39. The second-order valence-electron chi connectivity index (χ2n) is 4.96. The number of hydrogen-bond acceptors (Lipinski definition) is 4. The van der Waals surface area contributed by atoms with Gasteiger partial charge in [0, 0.05) is 13.2 Å². The van der Waals surface area contributed by atoms with Crippen molar-refractivity contribution in [1.29, 1.82) is 0 Å². The monoisotopic (exact) mass is 315 g/mol. The van der Waals surface area contributed by atoms with E-state index in [4.69, 9.17) is 9.47 Å². The second kappa shape index (κ2) is 8.75. The molecule has 1 unspecified atom stereocenters. The molecule has 2 aromatic rings. The fourth-order valence-corrected chi connectivity index (χ4v) is 1.96. The first-order valence-electron chi connectivity index (χ1n) is 7.39. The molecular weight excluding hydrogens is 294 g/mol. The number of rotatable bonds is 7. The Hall–Kier alpha value is -2.60. The van der Waals surface area contributed by atoms with Gasteiger partial charge in [-0.1, -0.05) is 30.3 Å². The highest BCUT2D eigenvalue weighted by molar-refractivity contribution is 5.89. The van der Waals surface area contributed by atoms with Crippen LogP contribution in [0.3, 0.4) is 0 Å². The molecule has 0 spiro atoms. The molecule has 6 nitrogen and oxygen atoms in total. The van der Waals surface area contributed by atoms with E-state index in [0.29, 0.717) is 24.8 Å². The number of nitrogens with zero attached hydrogens (tertiary/aromatic N) is 1. The number of carbonyl (C=O) groups excluding carboxylic acids is 1. The minimum atomic E-state index is -0.281. The lowest BCUT2D eigenvalue weighted by Gasteiger charge is -2.15. The van der Waals surface area contributed by atoms with Gasteiger partial charge in [0.15, 0.2) is 0 Å². The molecule has 0 saturated carbocycles. The highest BCUT2D eigenvalue weighted by Crippen LogP contribution is 2.13. The molecule has 6 heteroatoms. The second-order valence-corrected chi connectivity index (χ2v) is 4.96. The van der Waals surface area contributed by atoms with Crippen LogP contribution in [-0.2, 0) is 4.74 Å². The molecule has 0 bridgehead atoms. The molecule has 122 valence electrons. The van der Waals surface area contributed by atoms with E-state index in [1.165, 1.54) is 0 Å². The van der Waals surface area contributed by atoms with E-state index in [1.807, 2.05) is 37.3 Å². The van der Waals surface area contributed by atoms with Crippen LogP contribution < -0.4 is 15.4 Å².